The zero-order chi connectivity index (χ0) is 13.4. The fourth-order valence-corrected chi connectivity index (χ4v) is 2.24. The van der Waals surface area contributed by atoms with Gasteiger partial charge in [0.2, 0.25) is 5.91 Å². The topological polar surface area (TPSA) is 46.6 Å². The molecule has 0 saturated carbocycles. The number of amides is 2. The highest BCUT2D eigenvalue weighted by atomic mass is 16.6. The van der Waals surface area contributed by atoms with Crippen molar-refractivity contribution >= 4 is 12.0 Å². The van der Waals surface area contributed by atoms with E-state index in [4.69, 9.17) is 4.74 Å². The van der Waals surface area contributed by atoms with Crippen LogP contribution in [0.2, 0.25) is 0 Å². The molecule has 0 bridgehead atoms. The van der Waals surface area contributed by atoms with Gasteiger partial charge in [-0.1, -0.05) is 46.0 Å². The Morgan fingerprint density at radius 3 is 2.56 bits per heavy atom. The molecule has 0 unspecified atom stereocenters. The molecule has 4 heteroatoms. The van der Waals surface area contributed by atoms with Crippen LogP contribution < -0.4 is 0 Å². The fraction of sp³-hybridized carbons (Fsp3) is 0.857. The first kappa shape index (κ1) is 15.0. The molecule has 0 aromatic carbocycles. The van der Waals surface area contributed by atoms with Crippen LogP contribution in [0.1, 0.15) is 65.2 Å². The average Bonchev–Trinajstić information content (AvgIpc) is 2.74. The number of ether oxygens (including phenoxy) is 1. The molecule has 2 amide bonds. The van der Waals surface area contributed by atoms with Gasteiger partial charge < -0.3 is 4.74 Å². The fourth-order valence-electron chi connectivity index (χ4n) is 2.24. The van der Waals surface area contributed by atoms with Crippen molar-refractivity contribution in [3.05, 3.63) is 0 Å². The average molecular weight is 255 g/mol. The maximum absolute atomic E-state index is 11.9. The predicted molar refractivity (Wildman–Crippen MR) is 70.3 cm³/mol. The maximum atomic E-state index is 11.9. The van der Waals surface area contributed by atoms with E-state index in [1.54, 1.807) is 0 Å². The Morgan fingerprint density at radius 1 is 1.22 bits per heavy atom. The Hall–Kier alpha value is -1.06. The molecule has 1 heterocycles. The highest BCUT2D eigenvalue weighted by Crippen LogP contribution is 2.18. The van der Waals surface area contributed by atoms with Crippen molar-refractivity contribution in [1.82, 2.24) is 4.90 Å². The van der Waals surface area contributed by atoms with Crippen LogP contribution >= 0.6 is 0 Å². The lowest BCUT2D eigenvalue weighted by Crippen LogP contribution is -2.38. The lowest BCUT2D eigenvalue weighted by atomic mass is 10.1. The molecule has 4 nitrogen and oxygen atoms in total. The van der Waals surface area contributed by atoms with Crippen LogP contribution in [0.5, 0.6) is 0 Å². The Kier molecular flexibility index (Phi) is 6.76. The molecule has 0 aromatic rings. The number of imide groups is 1. The van der Waals surface area contributed by atoms with Crippen molar-refractivity contribution in [3.63, 3.8) is 0 Å². The summed E-state index contributed by atoms with van der Waals surface area (Å²) in [4.78, 5) is 24.7. The van der Waals surface area contributed by atoms with Crippen LogP contribution in [-0.4, -0.2) is 29.5 Å². The van der Waals surface area contributed by atoms with Crippen LogP contribution in [0.15, 0.2) is 0 Å². The van der Waals surface area contributed by atoms with Crippen LogP contribution in [-0.2, 0) is 9.53 Å². The molecule has 0 aromatic heterocycles. The molecule has 1 aliphatic rings. The number of hydrogen-bond donors (Lipinski definition) is 0. The van der Waals surface area contributed by atoms with Crippen LogP contribution in [0.4, 0.5) is 4.79 Å². The molecule has 18 heavy (non-hydrogen) atoms. The van der Waals surface area contributed by atoms with E-state index in [2.05, 4.69) is 6.92 Å². The zero-order valence-electron chi connectivity index (χ0n) is 11.6. The number of unbranched alkanes of at least 4 members (excludes halogenated alkanes) is 5. The number of cyclic esters (lactones) is 1. The molecule has 1 atom stereocenters. The normalized spacial score (nSPS) is 19.1. The largest absolute Gasteiger partial charge is 0.447 e. The molecule has 1 rings (SSSR count). The van der Waals surface area contributed by atoms with Crippen LogP contribution in [0.3, 0.4) is 0 Å². The van der Waals surface area contributed by atoms with E-state index >= 15 is 0 Å². The van der Waals surface area contributed by atoms with Gasteiger partial charge >= 0.3 is 6.09 Å². The lowest BCUT2D eigenvalue weighted by molar-refractivity contribution is -0.129. The van der Waals surface area contributed by atoms with Crippen molar-refractivity contribution in [2.24, 2.45) is 0 Å². The summed E-state index contributed by atoms with van der Waals surface area (Å²) < 4.78 is 4.92. The summed E-state index contributed by atoms with van der Waals surface area (Å²) in [5.41, 5.74) is 0. The van der Waals surface area contributed by atoms with Crippen LogP contribution in [0.25, 0.3) is 0 Å². The molecule has 0 N–H and O–H groups in total. The number of carbonyl (C=O) groups excluding carboxylic acids is 2. The quantitative estimate of drug-likeness (QED) is 0.624. The van der Waals surface area contributed by atoms with E-state index in [0.29, 0.717) is 13.0 Å². The summed E-state index contributed by atoms with van der Waals surface area (Å²) in [5.74, 6) is -0.0696. The van der Waals surface area contributed by atoms with Gasteiger partial charge in [0.15, 0.2) is 0 Å². The summed E-state index contributed by atoms with van der Waals surface area (Å²) in [6.07, 6.45) is 7.66. The Labute approximate surface area is 110 Å². The molecule has 1 fully saturated rings. The third-order valence-electron chi connectivity index (χ3n) is 3.45. The van der Waals surface area contributed by atoms with E-state index < -0.39 is 6.09 Å². The highest BCUT2D eigenvalue weighted by molar-refractivity contribution is 5.93. The summed E-state index contributed by atoms with van der Waals surface area (Å²) in [5, 5.41) is 0. The van der Waals surface area contributed by atoms with Crippen molar-refractivity contribution < 1.29 is 14.3 Å². The second kappa shape index (κ2) is 8.11. The Morgan fingerprint density at radius 2 is 1.89 bits per heavy atom. The summed E-state index contributed by atoms with van der Waals surface area (Å²) in [7, 11) is 0. The number of hydrogen-bond acceptors (Lipinski definition) is 3. The zero-order valence-corrected chi connectivity index (χ0v) is 11.6. The van der Waals surface area contributed by atoms with Gasteiger partial charge in [-0.3, -0.25) is 4.79 Å². The van der Waals surface area contributed by atoms with E-state index in [1.165, 1.54) is 30.6 Å². The van der Waals surface area contributed by atoms with Crippen molar-refractivity contribution in [2.45, 2.75) is 71.3 Å². The third-order valence-corrected chi connectivity index (χ3v) is 3.45. The third kappa shape index (κ3) is 4.31. The van der Waals surface area contributed by atoms with E-state index in [-0.39, 0.29) is 11.9 Å². The van der Waals surface area contributed by atoms with Gasteiger partial charge in [-0.25, -0.2) is 9.69 Å². The number of carbonyl (C=O) groups is 2. The molecule has 0 radical (unpaired) electrons. The molecule has 0 spiro atoms. The maximum Gasteiger partial charge on any atom is 0.416 e. The smallest absolute Gasteiger partial charge is 0.416 e. The molecular weight excluding hydrogens is 230 g/mol. The van der Waals surface area contributed by atoms with Gasteiger partial charge in [-0.2, -0.15) is 0 Å². The van der Waals surface area contributed by atoms with Crippen molar-refractivity contribution in [1.29, 1.82) is 0 Å². The monoisotopic (exact) mass is 255 g/mol. The van der Waals surface area contributed by atoms with E-state index in [9.17, 15) is 9.59 Å². The van der Waals surface area contributed by atoms with Crippen molar-refractivity contribution in [2.75, 3.05) is 6.61 Å². The van der Waals surface area contributed by atoms with E-state index in [0.717, 1.165) is 19.3 Å². The number of nitrogens with zero attached hydrogens (tertiary/aromatic N) is 1. The van der Waals surface area contributed by atoms with Gasteiger partial charge in [-0.05, 0) is 12.8 Å². The molecule has 0 aliphatic carbocycles. The minimum Gasteiger partial charge on any atom is -0.447 e. The first-order valence-electron chi connectivity index (χ1n) is 7.19. The Bertz CT molecular complexity index is 278. The van der Waals surface area contributed by atoms with Crippen LogP contribution in [0, 0.1) is 0 Å². The first-order valence-corrected chi connectivity index (χ1v) is 7.19. The number of rotatable bonds is 8. The molecule has 104 valence electrons. The Balaban J connectivity index is 2.21. The first-order chi connectivity index (χ1) is 8.70. The van der Waals surface area contributed by atoms with Gasteiger partial charge in [-0.15, -0.1) is 0 Å². The standard InChI is InChI=1S/C14H25NO3/c1-3-5-6-7-8-9-10-13(16)15-12(4-2)11-18-14(15)17/h12H,3-11H2,1-2H3/t12-/m0/s1. The second-order valence-corrected chi connectivity index (χ2v) is 4.92. The summed E-state index contributed by atoms with van der Waals surface area (Å²) in [6.45, 7) is 4.52. The summed E-state index contributed by atoms with van der Waals surface area (Å²) >= 11 is 0. The minimum absolute atomic E-state index is 0.0508. The highest BCUT2D eigenvalue weighted by Gasteiger charge is 2.35. The van der Waals surface area contributed by atoms with Gasteiger partial charge in [0.25, 0.3) is 0 Å². The lowest BCUT2D eigenvalue weighted by Gasteiger charge is -2.17. The van der Waals surface area contributed by atoms with Crippen molar-refractivity contribution in [3.8, 4) is 0 Å². The van der Waals surface area contributed by atoms with Gasteiger partial charge in [0.1, 0.15) is 6.61 Å². The SMILES string of the molecule is CCCCCCCCC(=O)N1C(=O)OC[C@@H]1CC. The predicted octanol–water partition coefficient (Wildman–Crippen LogP) is 3.49. The summed E-state index contributed by atoms with van der Waals surface area (Å²) in [6, 6.07) is -0.0508. The van der Waals surface area contributed by atoms with E-state index in [1.807, 2.05) is 6.92 Å². The molecular formula is C14H25NO3. The van der Waals surface area contributed by atoms with Gasteiger partial charge in [0, 0.05) is 6.42 Å². The second-order valence-electron chi connectivity index (χ2n) is 4.92. The molecule has 1 saturated heterocycles. The van der Waals surface area contributed by atoms with Gasteiger partial charge in [0.05, 0.1) is 6.04 Å². The molecule has 1 aliphatic heterocycles. The minimum atomic E-state index is -0.460.